The average Bonchev–Trinajstić information content (AvgIpc) is 3.39. The number of unbranched alkanes of at least 4 members (excludes halogenated alkanes) is 29. The normalized spacial score (nSPS) is 13.7. The molecule has 0 aliphatic heterocycles. The number of phosphoric ester groups is 1. The first-order valence-corrected chi connectivity index (χ1v) is 31.7. The number of hydrogen-bond donors (Lipinski definition) is 2. The standard InChI is InChI=1S/C62H111O11P/c1-4-7-10-13-16-19-22-25-27-28-29-30-32-34-36-39-42-45-48-51-60(64)69-55-59(73-62(66)53-50-47-44-41-38-35-31-26-23-20-17-14-11-8-5-2)57-71-74(67,68)70-56-58(54-63)72-61(65)52-49-46-43-40-37-33-24-21-18-15-12-9-6-3/h12,15,17,20-21,24-27,31,58-59,63H,4-11,13-14,16,18-19,22-23,28-30,32-57H2,1-3H3,(H,67,68)/b15-12-,20-17-,24-21-,27-25-,31-26-. The maximum Gasteiger partial charge on any atom is 0.472 e. The number of ether oxygens (including phenoxy) is 3. The second kappa shape index (κ2) is 56.4. The van der Waals surface area contributed by atoms with Gasteiger partial charge in [-0.1, -0.05) is 216 Å². The number of carbonyl (C=O) groups excluding carboxylic acids is 3. The van der Waals surface area contributed by atoms with E-state index in [0.29, 0.717) is 19.3 Å². The smallest absolute Gasteiger partial charge is 0.462 e. The molecule has 0 rings (SSSR count). The molecule has 0 aromatic carbocycles. The molecule has 0 radical (unpaired) electrons. The summed E-state index contributed by atoms with van der Waals surface area (Å²) in [5.74, 6) is -1.49. The van der Waals surface area contributed by atoms with Crippen LogP contribution in [0, 0.1) is 0 Å². The van der Waals surface area contributed by atoms with E-state index in [1.54, 1.807) is 0 Å². The lowest BCUT2D eigenvalue weighted by Gasteiger charge is -2.21. The minimum absolute atomic E-state index is 0.150. The predicted molar refractivity (Wildman–Crippen MR) is 307 cm³/mol. The molecule has 430 valence electrons. The van der Waals surface area contributed by atoms with Gasteiger partial charge in [0.25, 0.3) is 0 Å². The van der Waals surface area contributed by atoms with E-state index < -0.39 is 57.8 Å². The number of rotatable bonds is 56. The van der Waals surface area contributed by atoms with E-state index in [4.69, 9.17) is 23.3 Å². The van der Waals surface area contributed by atoms with Crippen LogP contribution in [0.15, 0.2) is 60.8 Å². The zero-order chi connectivity index (χ0) is 54.1. The minimum Gasteiger partial charge on any atom is -0.462 e. The molecule has 74 heavy (non-hydrogen) atoms. The number of phosphoric acid groups is 1. The van der Waals surface area contributed by atoms with Crippen LogP contribution in [0.2, 0.25) is 0 Å². The quantitative estimate of drug-likeness (QED) is 0.0197. The highest BCUT2D eigenvalue weighted by Crippen LogP contribution is 2.43. The molecule has 2 N–H and O–H groups in total. The number of allylic oxidation sites excluding steroid dienone is 10. The molecule has 0 heterocycles. The summed E-state index contributed by atoms with van der Waals surface area (Å²) >= 11 is 0. The number of carbonyl (C=O) groups is 3. The van der Waals surface area contributed by atoms with Crippen LogP contribution in [-0.4, -0.2) is 66.5 Å². The van der Waals surface area contributed by atoms with E-state index in [-0.39, 0.29) is 25.9 Å². The van der Waals surface area contributed by atoms with Crippen molar-refractivity contribution in [2.45, 2.75) is 290 Å². The van der Waals surface area contributed by atoms with Crippen LogP contribution < -0.4 is 0 Å². The Labute approximate surface area is 453 Å². The molecule has 3 unspecified atom stereocenters. The number of esters is 3. The molecule has 0 spiro atoms. The Morgan fingerprint density at radius 1 is 0.378 bits per heavy atom. The van der Waals surface area contributed by atoms with Crippen molar-refractivity contribution in [3.63, 3.8) is 0 Å². The molecule has 0 aliphatic carbocycles. The Morgan fingerprint density at radius 3 is 1.09 bits per heavy atom. The maximum atomic E-state index is 12.9. The molecule has 0 saturated heterocycles. The Balaban J connectivity index is 4.72. The third-order valence-corrected chi connectivity index (χ3v) is 13.8. The number of aliphatic hydroxyl groups excluding tert-OH is 1. The summed E-state index contributed by atoms with van der Waals surface area (Å²) in [6.07, 6.45) is 61.7. The van der Waals surface area contributed by atoms with Crippen molar-refractivity contribution in [2.75, 3.05) is 26.4 Å². The first-order chi connectivity index (χ1) is 36.2. The summed E-state index contributed by atoms with van der Waals surface area (Å²) < 4.78 is 39.5. The van der Waals surface area contributed by atoms with Gasteiger partial charge in [0.15, 0.2) is 6.10 Å². The second-order valence-corrected chi connectivity index (χ2v) is 21.6. The van der Waals surface area contributed by atoms with Crippen molar-refractivity contribution in [1.82, 2.24) is 0 Å². The molecular weight excluding hydrogens is 952 g/mol. The summed E-state index contributed by atoms with van der Waals surface area (Å²) in [7, 11) is -4.76. The lowest BCUT2D eigenvalue weighted by Crippen LogP contribution is -2.30. The van der Waals surface area contributed by atoms with Gasteiger partial charge >= 0.3 is 25.7 Å². The zero-order valence-corrected chi connectivity index (χ0v) is 48.5. The van der Waals surface area contributed by atoms with Crippen molar-refractivity contribution >= 4 is 25.7 Å². The Morgan fingerprint density at radius 2 is 0.689 bits per heavy atom. The lowest BCUT2D eigenvalue weighted by molar-refractivity contribution is -0.161. The predicted octanol–water partition coefficient (Wildman–Crippen LogP) is 17.9. The maximum absolute atomic E-state index is 12.9. The molecule has 0 amide bonds. The summed E-state index contributed by atoms with van der Waals surface area (Å²) in [5, 5.41) is 9.81. The van der Waals surface area contributed by atoms with E-state index in [2.05, 4.69) is 81.5 Å². The van der Waals surface area contributed by atoms with Gasteiger partial charge in [0.1, 0.15) is 12.7 Å². The average molecular weight is 1060 g/mol. The highest BCUT2D eigenvalue weighted by molar-refractivity contribution is 7.47. The largest absolute Gasteiger partial charge is 0.472 e. The minimum atomic E-state index is -4.76. The Kier molecular flexibility index (Phi) is 54.2. The molecule has 12 heteroatoms. The number of hydrogen-bond acceptors (Lipinski definition) is 10. The molecule has 0 aromatic heterocycles. The van der Waals surface area contributed by atoms with Crippen LogP contribution >= 0.6 is 7.82 Å². The van der Waals surface area contributed by atoms with Crippen LogP contribution in [0.1, 0.15) is 278 Å². The van der Waals surface area contributed by atoms with Gasteiger partial charge in [-0.3, -0.25) is 23.4 Å². The summed E-state index contributed by atoms with van der Waals surface area (Å²) in [4.78, 5) is 48.6. The monoisotopic (exact) mass is 1060 g/mol. The van der Waals surface area contributed by atoms with Crippen LogP contribution in [0.4, 0.5) is 0 Å². The van der Waals surface area contributed by atoms with Crippen molar-refractivity contribution in [3.05, 3.63) is 60.8 Å². The van der Waals surface area contributed by atoms with Gasteiger partial charge in [-0.25, -0.2) is 4.57 Å². The van der Waals surface area contributed by atoms with Crippen molar-refractivity contribution < 1.29 is 52.2 Å². The second-order valence-electron chi connectivity index (χ2n) is 20.2. The molecule has 0 aromatic rings. The van der Waals surface area contributed by atoms with Crippen molar-refractivity contribution in [1.29, 1.82) is 0 Å². The van der Waals surface area contributed by atoms with Crippen molar-refractivity contribution in [2.24, 2.45) is 0 Å². The zero-order valence-electron chi connectivity index (χ0n) is 47.6. The molecule has 11 nitrogen and oxygen atoms in total. The van der Waals surface area contributed by atoms with E-state index in [0.717, 1.165) is 109 Å². The number of aliphatic hydroxyl groups is 1. The Hall–Kier alpha value is -2.82. The fourth-order valence-electron chi connectivity index (χ4n) is 8.24. The fraction of sp³-hybridized carbons (Fsp3) is 0.790. The van der Waals surface area contributed by atoms with Crippen LogP contribution in [0.5, 0.6) is 0 Å². The van der Waals surface area contributed by atoms with Crippen LogP contribution in [-0.2, 0) is 42.2 Å². The van der Waals surface area contributed by atoms with E-state index in [1.807, 2.05) is 0 Å². The van der Waals surface area contributed by atoms with Gasteiger partial charge in [0.2, 0.25) is 0 Å². The van der Waals surface area contributed by atoms with Gasteiger partial charge in [0.05, 0.1) is 19.8 Å². The lowest BCUT2D eigenvalue weighted by atomic mass is 10.1. The third kappa shape index (κ3) is 54.0. The SMILES string of the molecule is CCC/C=C\C/C=C\CCCCCCCC(=O)OC(CO)COP(=O)(O)OCC(COC(=O)CCCCCCCCCCC/C=C\CCCCCCCC)OC(=O)CCCCCCC/C=C\C/C=C\CCCCC. The fourth-order valence-corrected chi connectivity index (χ4v) is 9.03. The van der Waals surface area contributed by atoms with Crippen molar-refractivity contribution in [3.8, 4) is 0 Å². The summed E-state index contributed by atoms with van der Waals surface area (Å²) in [6.45, 7) is 4.54. The summed E-state index contributed by atoms with van der Waals surface area (Å²) in [5.41, 5.74) is 0. The summed E-state index contributed by atoms with van der Waals surface area (Å²) in [6, 6.07) is 0. The molecule has 3 atom stereocenters. The van der Waals surface area contributed by atoms with Gasteiger partial charge in [0, 0.05) is 19.3 Å². The first-order valence-electron chi connectivity index (χ1n) is 30.2. The van der Waals surface area contributed by atoms with Crippen LogP contribution in [0.25, 0.3) is 0 Å². The third-order valence-electron chi connectivity index (χ3n) is 12.9. The molecular formula is C62H111O11P. The molecule has 0 saturated carbocycles. The van der Waals surface area contributed by atoms with Gasteiger partial charge in [-0.15, -0.1) is 0 Å². The molecule has 0 aliphatic rings. The van der Waals surface area contributed by atoms with E-state index in [9.17, 15) is 28.9 Å². The van der Waals surface area contributed by atoms with E-state index in [1.165, 1.54) is 109 Å². The molecule has 0 fully saturated rings. The highest BCUT2D eigenvalue weighted by Gasteiger charge is 2.28. The Bertz CT molecular complexity index is 1470. The van der Waals surface area contributed by atoms with E-state index >= 15 is 0 Å². The van der Waals surface area contributed by atoms with Gasteiger partial charge in [-0.05, 0) is 103 Å². The first kappa shape index (κ1) is 71.2. The topological polar surface area (TPSA) is 155 Å². The highest BCUT2D eigenvalue weighted by atomic mass is 31.2. The van der Waals surface area contributed by atoms with Crippen LogP contribution in [0.3, 0.4) is 0 Å². The van der Waals surface area contributed by atoms with Gasteiger partial charge < -0.3 is 24.2 Å². The molecule has 0 bridgehead atoms. The van der Waals surface area contributed by atoms with Gasteiger partial charge in [-0.2, -0.15) is 0 Å².